The quantitative estimate of drug-likeness (QED) is 0.746. The normalized spacial score (nSPS) is 22.4. The zero-order chi connectivity index (χ0) is 20.3. The molecular formula is C21H30N4O3S. The Bertz CT molecular complexity index is 922. The topological polar surface area (TPSA) is 67.7 Å². The summed E-state index contributed by atoms with van der Waals surface area (Å²) in [5.74, 6) is 0. The van der Waals surface area contributed by atoms with Crippen LogP contribution < -0.4 is 0 Å². The highest BCUT2D eigenvalue weighted by atomic mass is 32.2. The fraction of sp³-hybridized carbons (Fsp3) is 0.571. The molecule has 2 aromatic rings. The van der Waals surface area contributed by atoms with Gasteiger partial charge in [-0.15, -0.1) is 0 Å². The minimum atomic E-state index is -3.58. The third-order valence-corrected chi connectivity index (χ3v) is 7.67. The molecule has 1 unspecified atom stereocenters. The van der Waals surface area contributed by atoms with E-state index in [-0.39, 0.29) is 6.10 Å². The van der Waals surface area contributed by atoms with Crippen molar-refractivity contribution >= 4 is 10.0 Å². The molecule has 2 aliphatic rings. The SMILES string of the molecule is Cn1nccc1-c1cccc(S(=O)(=O)N2CCCOC(CN3CCCCC3)C2)c1. The Labute approximate surface area is 173 Å². The van der Waals surface area contributed by atoms with Crippen LogP contribution in [0.15, 0.2) is 41.4 Å². The summed E-state index contributed by atoms with van der Waals surface area (Å²) in [5, 5.41) is 4.19. The van der Waals surface area contributed by atoms with E-state index in [4.69, 9.17) is 4.74 Å². The van der Waals surface area contributed by atoms with Crippen molar-refractivity contribution in [3.8, 4) is 11.3 Å². The van der Waals surface area contributed by atoms with Gasteiger partial charge in [-0.2, -0.15) is 9.40 Å². The molecule has 158 valence electrons. The van der Waals surface area contributed by atoms with Gasteiger partial charge in [0.2, 0.25) is 10.0 Å². The largest absolute Gasteiger partial charge is 0.375 e. The van der Waals surface area contributed by atoms with Crippen LogP contribution in [0.3, 0.4) is 0 Å². The van der Waals surface area contributed by atoms with Gasteiger partial charge in [-0.1, -0.05) is 18.6 Å². The third-order valence-electron chi connectivity index (χ3n) is 5.81. The van der Waals surface area contributed by atoms with E-state index in [1.54, 1.807) is 33.4 Å². The van der Waals surface area contributed by atoms with Crippen molar-refractivity contribution in [3.05, 3.63) is 36.5 Å². The Balaban J connectivity index is 1.53. The van der Waals surface area contributed by atoms with E-state index in [2.05, 4.69) is 10.00 Å². The van der Waals surface area contributed by atoms with Gasteiger partial charge in [-0.25, -0.2) is 8.42 Å². The molecule has 1 atom stereocenters. The molecule has 1 aromatic carbocycles. The van der Waals surface area contributed by atoms with Gasteiger partial charge in [0.25, 0.3) is 0 Å². The van der Waals surface area contributed by atoms with Gasteiger partial charge in [0.15, 0.2) is 0 Å². The van der Waals surface area contributed by atoms with E-state index in [1.807, 2.05) is 19.2 Å². The first-order valence-corrected chi connectivity index (χ1v) is 11.9. The van der Waals surface area contributed by atoms with Crippen LogP contribution in [0.4, 0.5) is 0 Å². The first kappa shape index (κ1) is 20.5. The van der Waals surface area contributed by atoms with Gasteiger partial charge in [0.1, 0.15) is 0 Å². The number of nitrogens with zero attached hydrogens (tertiary/aromatic N) is 4. The van der Waals surface area contributed by atoms with Gasteiger partial charge >= 0.3 is 0 Å². The number of hydrogen-bond acceptors (Lipinski definition) is 5. The van der Waals surface area contributed by atoms with Crippen molar-refractivity contribution in [1.29, 1.82) is 0 Å². The highest BCUT2D eigenvalue weighted by molar-refractivity contribution is 7.89. The van der Waals surface area contributed by atoms with E-state index in [9.17, 15) is 8.42 Å². The van der Waals surface area contributed by atoms with Crippen molar-refractivity contribution < 1.29 is 13.2 Å². The Hall–Kier alpha value is -1.74. The summed E-state index contributed by atoms with van der Waals surface area (Å²) >= 11 is 0. The first-order valence-electron chi connectivity index (χ1n) is 10.5. The molecule has 3 heterocycles. The molecule has 0 radical (unpaired) electrons. The average molecular weight is 419 g/mol. The second kappa shape index (κ2) is 8.95. The Morgan fingerprint density at radius 3 is 2.69 bits per heavy atom. The summed E-state index contributed by atoms with van der Waals surface area (Å²) in [5.41, 5.74) is 1.74. The van der Waals surface area contributed by atoms with Crippen LogP contribution in [-0.2, 0) is 21.8 Å². The zero-order valence-corrected chi connectivity index (χ0v) is 17.9. The number of sulfonamides is 1. The second-order valence-corrected chi connectivity index (χ2v) is 9.88. The van der Waals surface area contributed by atoms with E-state index in [1.165, 1.54) is 19.3 Å². The van der Waals surface area contributed by atoms with Gasteiger partial charge in [0, 0.05) is 45.0 Å². The maximum absolute atomic E-state index is 13.4. The first-order chi connectivity index (χ1) is 14.0. The Kier molecular flexibility index (Phi) is 6.34. The lowest BCUT2D eigenvalue weighted by Gasteiger charge is -2.31. The summed E-state index contributed by atoms with van der Waals surface area (Å²) in [6.45, 7) is 4.49. The summed E-state index contributed by atoms with van der Waals surface area (Å²) in [6.07, 6.45) is 6.08. The van der Waals surface area contributed by atoms with Gasteiger partial charge in [-0.05, 0) is 50.6 Å². The fourth-order valence-electron chi connectivity index (χ4n) is 4.24. The minimum absolute atomic E-state index is 0.0781. The predicted octanol–water partition coefficient (Wildman–Crippen LogP) is 2.35. The van der Waals surface area contributed by atoms with E-state index in [0.717, 1.165) is 37.3 Å². The zero-order valence-electron chi connectivity index (χ0n) is 17.0. The number of likely N-dealkylation sites (tertiary alicyclic amines) is 1. The van der Waals surface area contributed by atoms with Crippen molar-refractivity contribution in [2.24, 2.45) is 7.05 Å². The van der Waals surface area contributed by atoms with Crippen LogP contribution in [-0.4, -0.2) is 72.8 Å². The van der Waals surface area contributed by atoms with Gasteiger partial charge in [-0.3, -0.25) is 4.68 Å². The van der Waals surface area contributed by atoms with Gasteiger partial charge in [0.05, 0.1) is 16.7 Å². The van der Waals surface area contributed by atoms with Crippen molar-refractivity contribution in [3.63, 3.8) is 0 Å². The van der Waals surface area contributed by atoms with Crippen LogP contribution in [0.1, 0.15) is 25.7 Å². The summed E-state index contributed by atoms with van der Waals surface area (Å²) < 4.78 is 36.2. The van der Waals surface area contributed by atoms with Crippen LogP contribution in [0.25, 0.3) is 11.3 Å². The Morgan fingerprint density at radius 2 is 1.93 bits per heavy atom. The standard InChI is InChI=1S/C21H30N4O3S/c1-23-21(9-10-22-23)18-7-5-8-20(15-18)29(26,27)25-13-6-14-28-19(17-25)16-24-11-3-2-4-12-24/h5,7-10,15,19H,2-4,6,11-14,16-17H2,1H3. The van der Waals surface area contributed by atoms with Crippen molar-refractivity contribution in [1.82, 2.24) is 19.0 Å². The maximum Gasteiger partial charge on any atom is 0.243 e. The fourth-order valence-corrected chi connectivity index (χ4v) is 5.80. The van der Waals surface area contributed by atoms with E-state index >= 15 is 0 Å². The summed E-state index contributed by atoms with van der Waals surface area (Å²) in [7, 11) is -1.73. The molecule has 0 bridgehead atoms. The smallest absolute Gasteiger partial charge is 0.243 e. The molecule has 2 saturated heterocycles. The minimum Gasteiger partial charge on any atom is -0.375 e. The molecule has 0 N–H and O–H groups in total. The molecule has 1 aromatic heterocycles. The lowest BCUT2D eigenvalue weighted by atomic mass is 10.1. The lowest BCUT2D eigenvalue weighted by Crippen LogP contribution is -2.43. The number of hydrogen-bond donors (Lipinski definition) is 0. The Morgan fingerprint density at radius 1 is 1.10 bits per heavy atom. The number of aryl methyl sites for hydroxylation is 1. The van der Waals surface area contributed by atoms with Crippen molar-refractivity contribution in [2.45, 2.75) is 36.7 Å². The molecule has 0 spiro atoms. The molecule has 2 fully saturated rings. The second-order valence-electron chi connectivity index (χ2n) is 7.94. The molecule has 4 rings (SSSR count). The van der Waals surface area contributed by atoms with Crippen molar-refractivity contribution in [2.75, 3.05) is 39.3 Å². The average Bonchev–Trinajstić information content (AvgIpc) is 3.02. The maximum atomic E-state index is 13.4. The molecule has 0 aliphatic carbocycles. The van der Waals surface area contributed by atoms with Crippen LogP contribution in [0.5, 0.6) is 0 Å². The number of piperidine rings is 1. The van der Waals surface area contributed by atoms with Crippen LogP contribution in [0.2, 0.25) is 0 Å². The molecule has 29 heavy (non-hydrogen) atoms. The van der Waals surface area contributed by atoms with Crippen LogP contribution >= 0.6 is 0 Å². The predicted molar refractivity (Wildman–Crippen MR) is 112 cm³/mol. The molecule has 0 amide bonds. The van der Waals surface area contributed by atoms with E-state index in [0.29, 0.717) is 24.6 Å². The van der Waals surface area contributed by atoms with Gasteiger partial charge < -0.3 is 9.64 Å². The summed E-state index contributed by atoms with van der Waals surface area (Å²) in [6, 6.07) is 9.04. The molecule has 7 nitrogen and oxygen atoms in total. The van der Waals surface area contributed by atoms with Crippen LogP contribution in [0, 0.1) is 0 Å². The highest BCUT2D eigenvalue weighted by Crippen LogP contribution is 2.25. The number of ether oxygens (including phenoxy) is 1. The number of aromatic nitrogens is 2. The lowest BCUT2D eigenvalue weighted by molar-refractivity contribution is 0.0285. The monoisotopic (exact) mass is 418 g/mol. The van der Waals surface area contributed by atoms with E-state index < -0.39 is 10.0 Å². The highest BCUT2D eigenvalue weighted by Gasteiger charge is 2.30. The number of benzene rings is 1. The summed E-state index contributed by atoms with van der Waals surface area (Å²) in [4.78, 5) is 2.74. The molecule has 0 saturated carbocycles. The molecular weight excluding hydrogens is 388 g/mol. The third kappa shape index (κ3) is 4.71. The number of rotatable bonds is 5. The molecule has 8 heteroatoms. The molecule has 2 aliphatic heterocycles.